The minimum absolute atomic E-state index is 0.0853. The van der Waals surface area contributed by atoms with Crippen molar-refractivity contribution in [3.63, 3.8) is 0 Å². The number of fused-ring (bicyclic) bond motifs is 4. The molecule has 13 heteroatoms. The Hall–Kier alpha value is -2.14. The number of benzene rings is 1. The lowest BCUT2D eigenvalue weighted by atomic mass is 9.56. The molecule has 2 N–H and O–H groups in total. The third-order valence-corrected chi connectivity index (χ3v) is 10.2. The number of aliphatic carboxylic acids is 1. The van der Waals surface area contributed by atoms with Crippen LogP contribution in [0.25, 0.3) is 0 Å². The van der Waals surface area contributed by atoms with Crippen molar-refractivity contribution >= 4 is 80.3 Å². The SMILES string of the molecule is O=C(O)CCN1C(=O)C2CC=C3C(CC4(Cl)C(=O)N(CBr)C(=O)C4(Cl)C3c3ccc(O)cc3Cl)C2C1=O. The van der Waals surface area contributed by atoms with Crippen LogP contribution in [-0.4, -0.2) is 71.4 Å². The summed E-state index contributed by atoms with van der Waals surface area (Å²) in [5.74, 6) is -7.19. The zero-order valence-electron chi connectivity index (χ0n) is 19.0. The number of rotatable bonds is 5. The van der Waals surface area contributed by atoms with Crippen molar-refractivity contribution in [2.75, 3.05) is 12.0 Å². The molecule has 4 amide bonds. The fourth-order valence-corrected chi connectivity index (χ4v) is 8.04. The van der Waals surface area contributed by atoms with E-state index in [1.807, 2.05) is 0 Å². The minimum Gasteiger partial charge on any atom is -0.508 e. The number of likely N-dealkylation sites (tertiary alicyclic amines) is 2. The number of hydrogen-bond donors (Lipinski definition) is 2. The van der Waals surface area contributed by atoms with Gasteiger partial charge in [-0.25, -0.2) is 0 Å². The Bertz CT molecular complexity index is 1300. The van der Waals surface area contributed by atoms with Crippen LogP contribution in [0.3, 0.4) is 0 Å². The maximum Gasteiger partial charge on any atom is 0.305 e. The quantitative estimate of drug-likeness (QED) is 0.220. The van der Waals surface area contributed by atoms with Gasteiger partial charge >= 0.3 is 5.97 Å². The molecule has 6 atom stereocenters. The molecular formula is C24H20BrCl3N2O7. The van der Waals surface area contributed by atoms with Gasteiger partial charge in [-0.05, 0) is 36.5 Å². The Balaban J connectivity index is 1.68. The summed E-state index contributed by atoms with van der Waals surface area (Å²) in [5, 5.41) is 19.1. The highest BCUT2D eigenvalue weighted by molar-refractivity contribution is 9.09. The largest absolute Gasteiger partial charge is 0.508 e. The van der Waals surface area contributed by atoms with Gasteiger partial charge in [0.15, 0.2) is 9.75 Å². The molecule has 2 saturated heterocycles. The maximum atomic E-state index is 13.6. The molecule has 0 bridgehead atoms. The van der Waals surface area contributed by atoms with Crippen LogP contribution in [0.2, 0.25) is 5.02 Å². The van der Waals surface area contributed by atoms with Gasteiger partial charge in [-0.15, -0.1) is 23.2 Å². The summed E-state index contributed by atoms with van der Waals surface area (Å²) >= 11 is 23.8. The van der Waals surface area contributed by atoms with Crippen LogP contribution in [0.1, 0.15) is 30.7 Å². The van der Waals surface area contributed by atoms with Gasteiger partial charge in [0.1, 0.15) is 5.75 Å². The number of halogens is 4. The molecule has 6 unspecified atom stereocenters. The molecule has 2 aliphatic carbocycles. The van der Waals surface area contributed by atoms with E-state index in [1.54, 1.807) is 6.08 Å². The number of phenolic OH excluding ortho intramolecular Hbond substituents is 1. The standard InChI is InChI=1S/C24H20BrCl3N2O7/c25-9-30-21(36)23(27)8-14-11(3-4-13-17(14)20(35)29(19(13)34)6-5-16(32)33)18(24(23,28)22(30)37)12-2-1-10(31)7-15(12)26/h1-3,7,13-14,17-18,31H,4-6,8-9H2,(H,32,33). The summed E-state index contributed by atoms with van der Waals surface area (Å²) in [6.45, 7) is -0.268. The van der Waals surface area contributed by atoms with Gasteiger partial charge in [0.2, 0.25) is 11.8 Å². The lowest BCUT2D eigenvalue weighted by Crippen LogP contribution is -2.60. The lowest BCUT2D eigenvalue weighted by Gasteiger charge is -2.51. The number of allylic oxidation sites excluding steroid dienone is 2. The Morgan fingerprint density at radius 3 is 2.41 bits per heavy atom. The van der Waals surface area contributed by atoms with Gasteiger partial charge < -0.3 is 10.2 Å². The highest BCUT2D eigenvalue weighted by Gasteiger charge is 2.76. The van der Waals surface area contributed by atoms with Crippen LogP contribution in [0.4, 0.5) is 0 Å². The summed E-state index contributed by atoms with van der Waals surface area (Å²) in [7, 11) is 0. The van der Waals surface area contributed by atoms with E-state index in [-0.39, 0.29) is 35.6 Å². The van der Waals surface area contributed by atoms with Crippen molar-refractivity contribution in [2.45, 2.75) is 34.9 Å². The summed E-state index contributed by atoms with van der Waals surface area (Å²) in [6.07, 6.45) is 1.33. The average Bonchev–Trinajstić information content (AvgIpc) is 3.16. The molecule has 0 spiro atoms. The van der Waals surface area contributed by atoms with E-state index in [0.29, 0.717) is 11.1 Å². The Morgan fingerprint density at radius 1 is 1.08 bits per heavy atom. The molecule has 3 fully saturated rings. The van der Waals surface area contributed by atoms with Crippen molar-refractivity contribution < 1.29 is 34.2 Å². The second kappa shape index (κ2) is 8.97. The van der Waals surface area contributed by atoms with Crippen LogP contribution in [0.15, 0.2) is 29.8 Å². The predicted molar refractivity (Wildman–Crippen MR) is 135 cm³/mol. The number of aromatic hydroxyl groups is 1. The predicted octanol–water partition coefficient (Wildman–Crippen LogP) is 3.23. The van der Waals surface area contributed by atoms with Crippen LogP contribution in [0.5, 0.6) is 5.75 Å². The van der Waals surface area contributed by atoms with Gasteiger partial charge in [0.05, 0.1) is 23.7 Å². The first kappa shape index (κ1) is 26.5. The summed E-state index contributed by atoms with van der Waals surface area (Å²) in [6, 6.07) is 4.15. The number of alkyl halides is 3. The van der Waals surface area contributed by atoms with E-state index in [1.165, 1.54) is 18.2 Å². The highest BCUT2D eigenvalue weighted by atomic mass is 79.9. The molecular weight excluding hydrogens is 615 g/mol. The number of carbonyl (C=O) groups is 5. The van der Waals surface area contributed by atoms with Gasteiger partial charge in [0.25, 0.3) is 11.8 Å². The smallest absolute Gasteiger partial charge is 0.305 e. The molecule has 5 rings (SSSR count). The first-order valence-electron chi connectivity index (χ1n) is 11.4. The number of carbonyl (C=O) groups excluding carboxylic acids is 4. The van der Waals surface area contributed by atoms with Crippen LogP contribution >= 0.6 is 50.7 Å². The third-order valence-electron chi connectivity index (χ3n) is 7.95. The Kier molecular flexibility index (Phi) is 6.41. The fraction of sp³-hybridized carbons (Fsp3) is 0.458. The summed E-state index contributed by atoms with van der Waals surface area (Å²) in [5.41, 5.74) is 0.740. The Morgan fingerprint density at radius 2 is 1.78 bits per heavy atom. The van der Waals surface area contributed by atoms with Crippen molar-refractivity contribution in [3.8, 4) is 5.75 Å². The zero-order chi connectivity index (χ0) is 27.0. The third kappa shape index (κ3) is 3.52. The molecule has 1 aromatic carbocycles. The number of imide groups is 2. The van der Waals surface area contributed by atoms with Crippen LogP contribution in [0, 0.1) is 17.8 Å². The van der Waals surface area contributed by atoms with Gasteiger partial charge in [0, 0.05) is 17.5 Å². The summed E-state index contributed by atoms with van der Waals surface area (Å²) in [4.78, 5) is 62.8. The second-order valence-corrected chi connectivity index (χ2v) is 11.8. The van der Waals surface area contributed by atoms with E-state index in [4.69, 9.17) is 39.9 Å². The van der Waals surface area contributed by atoms with Gasteiger partial charge in [-0.3, -0.25) is 33.8 Å². The molecule has 2 heterocycles. The van der Waals surface area contributed by atoms with E-state index in [0.717, 1.165) is 9.80 Å². The number of carboxylic acid groups (broad SMARTS) is 1. The van der Waals surface area contributed by atoms with Gasteiger partial charge in [-0.2, -0.15) is 0 Å². The zero-order valence-corrected chi connectivity index (χ0v) is 22.9. The van der Waals surface area contributed by atoms with Gasteiger partial charge in [-0.1, -0.05) is 45.2 Å². The van der Waals surface area contributed by atoms with E-state index in [2.05, 4.69) is 15.9 Å². The molecule has 4 aliphatic rings. The topological polar surface area (TPSA) is 132 Å². The number of phenols is 1. The fourth-order valence-electron chi connectivity index (χ4n) is 6.34. The monoisotopic (exact) mass is 632 g/mol. The molecule has 0 aromatic heterocycles. The van der Waals surface area contributed by atoms with E-state index < -0.39 is 69.4 Å². The van der Waals surface area contributed by atoms with Crippen molar-refractivity contribution in [3.05, 3.63) is 40.4 Å². The average molecular weight is 635 g/mol. The molecule has 1 saturated carbocycles. The van der Waals surface area contributed by atoms with E-state index in [9.17, 15) is 29.1 Å². The molecule has 2 aliphatic heterocycles. The molecule has 1 aromatic rings. The summed E-state index contributed by atoms with van der Waals surface area (Å²) < 4.78 is 0. The number of nitrogens with zero attached hydrogens (tertiary/aromatic N) is 2. The molecule has 196 valence electrons. The van der Waals surface area contributed by atoms with Crippen LogP contribution in [-0.2, 0) is 24.0 Å². The van der Waals surface area contributed by atoms with Crippen molar-refractivity contribution in [1.29, 1.82) is 0 Å². The number of amides is 4. The molecule has 37 heavy (non-hydrogen) atoms. The highest BCUT2D eigenvalue weighted by Crippen LogP contribution is 2.66. The number of hydrogen-bond acceptors (Lipinski definition) is 6. The maximum absolute atomic E-state index is 13.6. The normalized spacial score (nSPS) is 34.9. The Labute approximate surface area is 234 Å². The second-order valence-electron chi connectivity index (χ2n) is 9.66. The molecule has 9 nitrogen and oxygen atoms in total. The molecule has 0 radical (unpaired) electrons. The first-order chi connectivity index (χ1) is 17.4. The lowest BCUT2D eigenvalue weighted by molar-refractivity contribution is -0.143. The van der Waals surface area contributed by atoms with Crippen molar-refractivity contribution in [2.24, 2.45) is 17.8 Å². The number of carboxylic acids is 1. The van der Waals surface area contributed by atoms with Crippen LogP contribution < -0.4 is 0 Å². The van der Waals surface area contributed by atoms with E-state index >= 15 is 0 Å². The minimum atomic E-state index is -2.00. The first-order valence-corrected chi connectivity index (χ1v) is 13.7. The van der Waals surface area contributed by atoms with Crippen molar-refractivity contribution in [1.82, 2.24) is 9.80 Å².